The van der Waals surface area contributed by atoms with Crippen molar-refractivity contribution in [2.75, 3.05) is 13.2 Å². The number of ether oxygens (including phenoxy) is 2. The van der Waals surface area contributed by atoms with Crippen molar-refractivity contribution in [3.05, 3.63) is 101 Å². The van der Waals surface area contributed by atoms with Crippen molar-refractivity contribution >= 4 is 12.1 Å². The van der Waals surface area contributed by atoms with Crippen molar-refractivity contribution in [1.82, 2.24) is 9.88 Å². The summed E-state index contributed by atoms with van der Waals surface area (Å²) < 4.78 is 17.2. The van der Waals surface area contributed by atoms with E-state index in [0.717, 1.165) is 27.5 Å². The third kappa shape index (κ3) is 7.22. The Hall–Kier alpha value is -4.59. The van der Waals surface area contributed by atoms with E-state index in [4.69, 9.17) is 13.9 Å². The van der Waals surface area contributed by atoms with E-state index in [1.807, 2.05) is 63.2 Å². The van der Waals surface area contributed by atoms with Gasteiger partial charge < -0.3 is 19.0 Å². The number of hydrogen-bond acceptors (Lipinski definition) is 6. The Bertz CT molecular complexity index is 1390. The molecule has 38 heavy (non-hydrogen) atoms. The standard InChI is InChI=1S/C30H30N2O6/c1-20-7-11-24(12-8-20)29-31-27(22(3)37-29)15-16-36-26-6-4-5-23(17-26)18-32(19-28(33)34)30(35)38-25-13-9-21(2)10-14-25/h4-14,17H,15-16,18-19H2,1-3H3,(H,33,34). The summed E-state index contributed by atoms with van der Waals surface area (Å²) in [6.45, 7) is 5.77. The monoisotopic (exact) mass is 514 g/mol. The van der Waals surface area contributed by atoms with Crippen molar-refractivity contribution in [1.29, 1.82) is 0 Å². The number of benzene rings is 3. The van der Waals surface area contributed by atoms with Crippen molar-refractivity contribution in [2.24, 2.45) is 0 Å². The molecule has 0 bridgehead atoms. The van der Waals surface area contributed by atoms with Crippen LogP contribution in [-0.4, -0.2) is 40.2 Å². The van der Waals surface area contributed by atoms with Gasteiger partial charge in [0.25, 0.3) is 0 Å². The van der Waals surface area contributed by atoms with E-state index in [1.54, 1.807) is 30.3 Å². The van der Waals surface area contributed by atoms with Gasteiger partial charge in [-0.15, -0.1) is 0 Å². The lowest BCUT2D eigenvalue weighted by molar-refractivity contribution is -0.138. The number of carboxylic acid groups (broad SMARTS) is 1. The summed E-state index contributed by atoms with van der Waals surface area (Å²) in [7, 11) is 0. The molecule has 1 amide bonds. The van der Waals surface area contributed by atoms with Crippen LogP contribution in [0.5, 0.6) is 11.5 Å². The number of nitrogens with zero attached hydrogens (tertiary/aromatic N) is 2. The highest BCUT2D eigenvalue weighted by Gasteiger charge is 2.20. The van der Waals surface area contributed by atoms with Gasteiger partial charge in [-0.3, -0.25) is 9.69 Å². The summed E-state index contributed by atoms with van der Waals surface area (Å²) in [5.74, 6) is 1.14. The van der Waals surface area contributed by atoms with Gasteiger partial charge in [0, 0.05) is 18.5 Å². The van der Waals surface area contributed by atoms with Gasteiger partial charge in [-0.1, -0.05) is 47.5 Å². The van der Waals surface area contributed by atoms with Crippen LogP contribution in [0.1, 0.15) is 28.1 Å². The lowest BCUT2D eigenvalue weighted by Crippen LogP contribution is -2.37. The Morgan fingerprint density at radius 2 is 1.61 bits per heavy atom. The smallest absolute Gasteiger partial charge is 0.416 e. The average molecular weight is 515 g/mol. The number of carbonyl (C=O) groups excluding carboxylic acids is 1. The highest BCUT2D eigenvalue weighted by molar-refractivity contribution is 5.78. The van der Waals surface area contributed by atoms with Crippen LogP contribution < -0.4 is 9.47 Å². The fraction of sp³-hybridized carbons (Fsp3) is 0.233. The number of carbonyl (C=O) groups is 2. The molecule has 0 fully saturated rings. The van der Waals surface area contributed by atoms with Crippen LogP contribution >= 0.6 is 0 Å². The third-order valence-corrected chi connectivity index (χ3v) is 5.88. The first-order valence-corrected chi connectivity index (χ1v) is 12.3. The minimum absolute atomic E-state index is 0.0521. The zero-order valence-corrected chi connectivity index (χ0v) is 21.6. The molecule has 1 N–H and O–H groups in total. The van der Waals surface area contributed by atoms with Gasteiger partial charge >= 0.3 is 12.1 Å². The fourth-order valence-corrected chi connectivity index (χ4v) is 3.82. The lowest BCUT2D eigenvalue weighted by atomic mass is 10.1. The third-order valence-electron chi connectivity index (χ3n) is 5.88. The van der Waals surface area contributed by atoms with Gasteiger partial charge in [-0.2, -0.15) is 0 Å². The first-order chi connectivity index (χ1) is 18.3. The number of amides is 1. The fourth-order valence-electron chi connectivity index (χ4n) is 3.82. The molecule has 4 rings (SSSR count). The van der Waals surface area contributed by atoms with Gasteiger partial charge in [0.2, 0.25) is 5.89 Å². The zero-order valence-electron chi connectivity index (χ0n) is 21.6. The maximum atomic E-state index is 12.7. The Kier molecular flexibility index (Phi) is 8.43. The number of rotatable bonds is 10. The second-order valence-corrected chi connectivity index (χ2v) is 9.06. The van der Waals surface area contributed by atoms with Crippen LogP contribution in [0.4, 0.5) is 4.79 Å². The highest BCUT2D eigenvalue weighted by atomic mass is 16.6. The maximum Gasteiger partial charge on any atom is 0.416 e. The second-order valence-electron chi connectivity index (χ2n) is 9.06. The molecule has 0 aliphatic rings. The summed E-state index contributed by atoms with van der Waals surface area (Å²) in [4.78, 5) is 29.8. The zero-order chi connectivity index (χ0) is 27.1. The van der Waals surface area contributed by atoms with Crippen LogP contribution in [0.15, 0.2) is 77.2 Å². The molecule has 8 nitrogen and oxygen atoms in total. The molecular weight excluding hydrogens is 484 g/mol. The molecule has 4 aromatic rings. The molecule has 3 aromatic carbocycles. The molecule has 0 saturated heterocycles. The number of aryl methyl sites for hydroxylation is 3. The van der Waals surface area contributed by atoms with Crippen molar-refractivity contribution < 1.29 is 28.6 Å². The quantitative estimate of drug-likeness (QED) is 0.278. The van der Waals surface area contributed by atoms with Crippen LogP contribution in [0, 0.1) is 20.8 Å². The molecule has 0 aliphatic heterocycles. The van der Waals surface area contributed by atoms with Gasteiger partial charge in [-0.25, -0.2) is 9.78 Å². The number of oxazole rings is 1. The summed E-state index contributed by atoms with van der Waals surface area (Å²) in [5.41, 5.74) is 4.65. The molecule has 0 radical (unpaired) electrons. The first kappa shape index (κ1) is 26.5. The molecule has 0 atom stereocenters. The van der Waals surface area contributed by atoms with E-state index in [1.165, 1.54) is 5.56 Å². The average Bonchev–Trinajstić information content (AvgIpc) is 3.25. The Balaban J connectivity index is 1.36. The van der Waals surface area contributed by atoms with Crippen LogP contribution in [0.2, 0.25) is 0 Å². The molecule has 1 aromatic heterocycles. The summed E-state index contributed by atoms with van der Waals surface area (Å²) in [6, 6.07) is 22.2. The molecule has 0 saturated carbocycles. The minimum Gasteiger partial charge on any atom is -0.493 e. The van der Waals surface area contributed by atoms with Gasteiger partial charge in [0.15, 0.2) is 0 Å². The number of carboxylic acids is 1. The Morgan fingerprint density at radius 1 is 0.921 bits per heavy atom. The van der Waals surface area contributed by atoms with E-state index >= 15 is 0 Å². The summed E-state index contributed by atoms with van der Waals surface area (Å²) >= 11 is 0. The Labute approximate surface area is 221 Å². The molecule has 0 unspecified atom stereocenters. The normalized spacial score (nSPS) is 10.7. The van der Waals surface area contributed by atoms with Crippen molar-refractivity contribution in [2.45, 2.75) is 33.7 Å². The summed E-state index contributed by atoms with van der Waals surface area (Å²) in [6.07, 6.45) is -0.187. The van der Waals surface area contributed by atoms with Crippen LogP contribution in [0.25, 0.3) is 11.5 Å². The Morgan fingerprint density at radius 3 is 2.29 bits per heavy atom. The van der Waals surface area contributed by atoms with Gasteiger partial charge in [0.05, 0.1) is 12.3 Å². The minimum atomic E-state index is -1.13. The van der Waals surface area contributed by atoms with E-state index < -0.39 is 18.6 Å². The van der Waals surface area contributed by atoms with Gasteiger partial charge in [-0.05, 0) is 62.7 Å². The second kappa shape index (κ2) is 12.1. The lowest BCUT2D eigenvalue weighted by Gasteiger charge is -2.20. The van der Waals surface area contributed by atoms with Crippen molar-refractivity contribution in [3.8, 4) is 23.0 Å². The number of hydrogen-bond donors (Lipinski definition) is 1. The van der Waals surface area contributed by atoms with E-state index in [-0.39, 0.29) is 6.54 Å². The predicted octanol–water partition coefficient (Wildman–Crippen LogP) is 5.97. The van der Waals surface area contributed by atoms with Crippen LogP contribution in [0.3, 0.4) is 0 Å². The van der Waals surface area contributed by atoms with Crippen LogP contribution in [-0.2, 0) is 17.8 Å². The molecular formula is C30H30N2O6. The topological polar surface area (TPSA) is 102 Å². The first-order valence-electron chi connectivity index (χ1n) is 12.3. The molecule has 8 heteroatoms. The predicted molar refractivity (Wildman–Crippen MR) is 142 cm³/mol. The van der Waals surface area contributed by atoms with E-state index in [2.05, 4.69) is 4.98 Å². The van der Waals surface area contributed by atoms with E-state index in [0.29, 0.717) is 36.0 Å². The molecule has 196 valence electrons. The maximum absolute atomic E-state index is 12.7. The SMILES string of the molecule is Cc1ccc(OC(=O)N(CC(=O)O)Cc2cccc(OCCc3nc(-c4ccc(C)cc4)oc3C)c2)cc1. The number of aliphatic carboxylic acids is 1. The molecule has 0 aliphatic carbocycles. The molecule has 0 spiro atoms. The highest BCUT2D eigenvalue weighted by Crippen LogP contribution is 2.23. The van der Waals surface area contributed by atoms with Crippen molar-refractivity contribution in [3.63, 3.8) is 0 Å². The molecule has 1 heterocycles. The summed E-state index contributed by atoms with van der Waals surface area (Å²) in [5, 5.41) is 9.31. The van der Waals surface area contributed by atoms with Gasteiger partial charge in [0.1, 0.15) is 23.8 Å². The number of aromatic nitrogens is 1. The largest absolute Gasteiger partial charge is 0.493 e. The van der Waals surface area contributed by atoms with E-state index in [9.17, 15) is 14.7 Å².